The van der Waals surface area contributed by atoms with Gasteiger partial charge in [0.2, 0.25) is 0 Å². The molecule has 1 aromatic heterocycles. The van der Waals surface area contributed by atoms with Gasteiger partial charge >= 0.3 is 0 Å². The molecule has 5 heteroatoms. The Morgan fingerprint density at radius 2 is 2.41 bits per heavy atom. The molecule has 0 spiro atoms. The van der Waals surface area contributed by atoms with Crippen molar-refractivity contribution in [2.24, 2.45) is 0 Å². The van der Waals surface area contributed by atoms with E-state index in [0.29, 0.717) is 12.2 Å². The van der Waals surface area contributed by atoms with Crippen molar-refractivity contribution in [3.05, 3.63) is 28.5 Å². The van der Waals surface area contributed by atoms with Gasteiger partial charge in [0.1, 0.15) is 5.69 Å². The molecule has 1 unspecified atom stereocenters. The highest BCUT2D eigenvalue weighted by molar-refractivity contribution is 9.10. The summed E-state index contributed by atoms with van der Waals surface area (Å²) in [7, 11) is 0. The van der Waals surface area contributed by atoms with Crippen LogP contribution in [-0.2, 0) is 4.74 Å². The number of nitrogens with zero attached hydrogens (tertiary/aromatic N) is 2. The molecule has 2 rings (SSSR count). The lowest BCUT2D eigenvalue weighted by molar-refractivity contribution is 0.0559. The van der Waals surface area contributed by atoms with Crippen molar-refractivity contribution >= 4 is 21.8 Å². The Morgan fingerprint density at radius 1 is 1.59 bits per heavy atom. The van der Waals surface area contributed by atoms with Gasteiger partial charge in [-0.3, -0.25) is 4.79 Å². The van der Waals surface area contributed by atoms with E-state index in [9.17, 15) is 4.79 Å². The van der Waals surface area contributed by atoms with Gasteiger partial charge in [-0.2, -0.15) is 0 Å². The molecule has 0 N–H and O–H groups in total. The molecule has 0 saturated carbocycles. The fourth-order valence-corrected chi connectivity index (χ4v) is 2.08. The third-order valence-corrected chi connectivity index (χ3v) is 3.16. The third kappa shape index (κ3) is 3.26. The van der Waals surface area contributed by atoms with Crippen LogP contribution in [0.3, 0.4) is 0 Å². The summed E-state index contributed by atoms with van der Waals surface area (Å²) in [5, 5.41) is 0. The van der Waals surface area contributed by atoms with Gasteiger partial charge in [0.25, 0.3) is 5.91 Å². The van der Waals surface area contributed by atoms with E-state index < -0.39 is 0 Å². The average molecular weight is 299 g/mol. The number of halogens is 1. The predicted molar refractivity (Wildman–Crippen MR) is 67.9 cm³/mol. The van der Waals surface area contributed by atoms with Gasteiger partial charge in [0, 0.05) is 30.4 Å². The zero-order valence-corrected chi connectivity index (χ0v) is 11.3. The van der Waals surface area contributed by atoms with Gasteiger partial charge in [0.05, 0.1) is 6.10 Å². The molecule has 4 nitrogen and oxygen atoms in total. The molecule has 0 aromatic carbocycles. The first-order valence-electron chi connectivity index (χ1n) is 5.69. The summed E-state index contributed by atoms with van der Waals surface area (Å²) in [5.74, 6) is -0.0187. The SMILES string of the molecule is CC1CN(C(=O)c2ccc(Br)cn2)CCCO1. The van der Waals surface area contributed by atoms with Crippen molar-refractivity contribution in [1.82, 2.24) is 9.88 Å². The molecule has 1 fully saturated rings. The van der Waals surface area contributed by atoms with E-state index in [-0.39, 0.29) is 12.0 Å². The highest BCUT2D eigenvalue weighted by atomic mass is 79.9. The fraction of sp³-hybridized carbons (Fsp3) is 0.500. The Hall–Kier alpha value is -0.940. The lowest BCUT2D eigenvalue weighted by Crippen LogP contribution is -2.36. The third-order valence-electron chi connectivity index (χ3n) is 2.69. The maximum Gasteiger partial charge on any atom is 0.272 e. The predicted octanol–water partition coefficient (Wildman–Crippen LogP) is 2.10. The zero-order valence-electron chi connectivity index (χ0n) is 9.73. The molecule has 1 aromatic rings. The van der Waals surface area contributed by atoms with Crippen LogP contribution in [0.4, 0.5) is 0 Å². The summed E-state index contributed by atoms with van der Waals surface area (Å²) in [6, 6.07) is 3.57. The van der Waals surface area contributed by atoms with Crippen LogP contribution in [0, 0.1) is 0 Å². The second-order valence-electron chi connectivity index (χ2n) is 4.15. The van der Waals surface area contributed by atoms with Gasteiger partial charge in [-0.05, 0) is 41.4 Å². The highest BCUT2D eigenvalue weighted by Crippen LogP contribution is 2.12. The molecular weight excluding hydrogens is 284 g/mol. The molecule has 1 aliphatic heterocycles. The maximum absolute atomic E-state index is 12.2. The van der Waals surface area contributed by atoms with Crippen molar-refractivity contribution in [3.8, 4) is 0 Å². The quantitative estimate of drug-likeness (QED) is 0.797. The summed E-state index contributed by atoms with van der Waals surface area (Å²) in [6.45, 7) is 4.08. The van der Waals surface area contributed by atoms with Crippen molar-refractivity contribution < 1.29 is 9.53 Å². The second-order valence-corrected chi connectivity index (χ2v) is 5.06. The number of aromatic nitrogens is 1. The Kier molecular flexibility index (Phi) is 4.12. The summed E-state index contributed by atoms with van der Waals surface area (Å²) in [5.41, 5.74) is 0.488. The monoisotopic (exact) mass is 298 g/mol. The van der Waals surface area contributed by atoms with Crippen LogP contribution in [0.15, 0.2) is 22.8 Å². The molecule has 1 saturated heterocycles. The first-order chi connectivity index (χ1) is 8.16. The van der Waals surface area contributed by atoms with E-state index in [4.69, 9.17) is 4.74 Å². The van der Waals surface area contributed by atoms with Crippen molar-refractivity contribution in [3.63, 3.8) is 0 Å². The summed E-state index contributed by atoms with van der Waals surface area (Å²) in [6.07, 6.45) is 2.62. The molecular formula is C12H15BrN2O2. The van der Waals surface area contributed by atoms with Crippen LogP contribution in [0.1, 0.15) is 23.8 Å². The molecule has 1 atom stereocenters. The van der Waals surface area contributed by atoms with Gasteiger partial charge < -0.3 is 9.64 Å². The van der Waals surface area contributed by atoms with E-state index in [1.165, 1.54) is 0 Å². The Morgan fingerprint density at radius 3 is 3.12 bits per heavy atom. The molecule has 92 valence electrons. The van der Waals surface area contributed by atoms with E-state index in [2.05, 4.69) is 20.9 Å². The number of carbonyl (C=O) groups excluding carboxylic acids is 1. The first kappa shape index (κ1) is 12.5. The number of ether oxygens (including phenoxy) is 1. The van der Waals surface area contributed by atoms with Crippen molar-refractivity contribution in [2.45, 2.75) is 19.4 Å². The molecule has 0 aliphatic carbocycles. The lowest BCUT2D eigenvalue weighted by atomic mass is 10.2. The number of carbonyl (C=O) groups is 1. The van der Waals surface area contributed by atoms with Crippen LogP contribution in [0.25, 0.3) is 0 Å². The minimum atomic E-state index is -0.0187. The topological polar surface area (TPSA) is 42.4 Å². The maximum atomic E-state index is 12.2. The number of rotatable bonds is 1. The van der Waals surface area contributed by atoms with E-state index >= 15 is 0 Å². The molecule has 0 bridgehead atoms. The van der Waals surface area contributed by atoms with Crippen LogP contribution >= 0.6 is 15.9 Å². The fourth-order valence-electron chi connectivity index (χ4n) is 1.84. The van der Waals surface area contributed by atoms with Crippen molar-refractivity contribution in [2.75, 3.05) is 19.7 Å². The highest BCUT2D eigenvalue weighted by Gasteiger charge is 2.21. The first-order valence-corrected chi connectivity index (χ1v) is 6.48. The van der Waals surface area contributed by atoms with Gasteiger partial charge in [-0.1, -0.05) is 0 Å². The molecule has 17 heavy (non-hydrogen) atoms. The summed E-state index contributed by atoms with van der Waals surface area (Å²) < 4.78 is 6.39. The number of pyridine rings is 1. The molecule has 2 heterocycles. The standard InChI is InChI=1S/C12H15BrN2O2/c1-9-8-15(5-2-6-17-9)12(16)11-4-3-10(13)7-14-11/h3-4,7,9H,2,5-6,8H2,1H3. The summed E-state index contributed by atoms with van der Waals surface area (Å²) in [4.78, 5) is 18.1. The largest absolute Gasteiger partial charge is 0.377 e. The van der Waals surface area contributed by atoms with Crippen LogP contribution in [0.5, 0.6) is 0 Å². The van der Waals surface area contributed by atoms with E-state index in [1.54, 1.807) is 12.3 Å². The van der Waals surface area contributed by atoms with Gasteiger partial charge in [-0.25, -0.2) is 4.98 Å². The minimum absolute atomic E-state index is 0.0187. The molecule has 1 aliphatic rings. The van der Waals surface area contributed by atoms with Crippen molar-refractivity contribution in [1.29, 1.82) is 0 Å². The zero-order chi connectivity index (χ0) is 12.3. The number of hydrogen-bond donors (Lipinski definition) is 0. The normalized spacial score (nSPS) is 21.1. The summed E-state index contributed by atoms with van der Waals surface area (Å²) >= 11 is 3.31. The molecule has 0 radical (unpaired) electrons. The smallest absolute Gasteiger partial charge is 0.272 e. The van der Waals surface area contributed by atoms with E-state index in [0.717, 1.165) is 24.0 Å². The van der Waals surface area contributed by atoms with Crippen LogP contribution < -0.4 is 0 Å². The Labute approximate surface area is 109 Å². The number of hydrogen-bond acceptors (Lipinski definition) is 3. The average Bonchev–Trinajstić information content (AvgIpc) is 2.54. The van der Waals surface area contributed by atoms with Gasteiger partial charge in [-0.15, -0.1) is 0 Å². The van der Waals surface area contributed by atoms with E-state index in [1.807, 2.05) is 17.9 Å². The Bertz CT molecular complexity index is 394. The van der Waals surface area contributed by atoms with Crippen LogP contribution in [0.2, 0.25) is 0 Å². The molecule has 1 amide bonds. The minimum Gasteiger partial charge on any atom is -0.377 e. The van der Waals surface area contributed by atoms with Crippen LogP contribution in [-0.4, -0.2) is 41.6 Å². The number of amides is 1. The van der Waals surface area contributed by atoms with Gasteiger partial charge in [0.15, 0.2) is 0 Å². The lowest BCUT2D eigenvalue weighted by Gasteiger charge is -2.21. The second kappa shape index (κ2) is 5.60. The Balaban J connectivity index is 2.10.